The lowest BCUT2D eigenvalue weighted by Crippen LogP contribution is -2.30. The van der Waals surface area contributed by atoms with E-state index >= 15 is 0 Å². The van der Waals surface area contributed by atoms with E-state index in [1.165, 1.54) is 32.1 Å². The van der Waals surface area contributed by atoms with E-state index in [-0.39, 0.29) is 12.1 Å². The lowest BCUT2D eigenvalue weighted by Gasteiger charge is -2.31. The Balaban J connectivity index is 2.40. The number of carbonyl (C=O) groups excluding carboxylic acids is 1. The standard InChI is InChI=1S/C14H26O2/c1-4-14(15)16-13-8-6-5-7-12(13)10-9-11(2)3/h11-13H,4-10H2,1-3H3/t12-,13+/m0/s1. The van der Waals surface area contributed by atoms with Gasteiger partial charge in [0.25, 0.3) is 0 Å². The molecule has 0 spiro atoms. The monoisotopic (exact) mass is 226 g/mol. The van der Waals surface area contributed by atoms with Gasteiger partial charge in [0.15, 0.2) is 0 Å². The van der Waals surface area contributed by atoms with E-state index in [0.717, 1.165) is 12.3 Å². The van der Waals surface area contributed by atoms with Gasteiger partial charge in [-0.3, -0.25) is 4.79 Å². The minimum Gasteiger partial charge on any atom is -0.462 e. The Morgan fingerprint density at radius 2 is 2.00 bits per heavy atom. The molecule has 2 atom stereocenters. The SMILES string of the molecule is CCC(=O)O[C@@H]1CCCC[C@H]1CCC(C)C. The molecule has 2 nitrogen and oxygen atoms in total. The van der Waals surface area contributed by atoms with Gasteiger partial charge in [-0.15, -0.1) is 0 Å². The molecule has 0 N–H and O–H groups in total. The quantitative estimate of drug-likeness (QED) is 0.664. The second-order valence-corrected chi connectivity index (χ2v) is 5.40. The summed E-state index contributed by atoms with van der Waals surface area (Å²) in [5.41, 5.74) is 0. The van der Waals surface area contributed by atoms with Crippen LogP contribution in [-0.2, 0) is 9.53 Å². The fourth-order valence-corrected chi connectivity index (χ4v) is 2.46. The normalized spacial score (nSPS) is 25.8. The molecule has 0 aromatic heterocycles. The summed E-state index contributed by atoms with van der Waals surface area (Å²) in [5, 5.41) is 0. The minimum atomic E-state index is -0.0264. The third-order valence-electron chi connectivity index (χ3n) is 3.53. The van der Waals surface area contributed by atoms with Gasteiger partial charge in [-0.05, 0) is 37.5 Å². The smallest absolute Gasteiger partial charge is 0.305 e. The van der Waals surface area contributed by atoms with Crippen LogP contribution in [0.1, 0.15) is 65.7 Å². The number of hydrogen-bond donors (Lipinski definition) is 0. The summed E-state index contributed by atoms with van der Waals surface area (Å²) in [4.78, 5) is 11.3. The minimum absolute atomic E-state index is 0.0264. The van der Waals surface area contributed by atoms with Crippen LogP contribution in [-0.4, -0.2) is 12.1 Å². The average molecular weight is 226 g/mol. The Morgan fingerprint density at radius 3 is 2.62 bits per heavy atom. The first kappa shape index (κ1) is 13.5. The summed E-state index contributed by atoms with van der Waals surface area (Å²) in [6, 6.07) is 0. The summed E-state index contributed by atoms with van der Waals surface area (Å²) in [6.45, 7) is 6.39. The molecule has 1 aliphatic rings. The predicted octanol–water partition coefficient (Wildman–Crippen LogP) is 3.93. The molecule has 0 bridgehead atoms. The van der Waals surface area contributed by atoms with Crippen molar-refractivity contribution >= 4 is 5.97 Å². The lowest BCUT2D eigenvalue weighted by molar-refractivity contribution is -0.153. The first-order valence-corrected chi connectivity index (χ1v) is 6.83. The highest BCUT2D eigenvalue weighted by molar-refractivity contribution is 5.69. The molecule has 0 radical (unpaired) electrons. The van der Waals surface area contributed by atoms with E-state index in [1.807, 2.05) is 6.92 Å². The van der Waals surface area contributed by atoms with Gasteiger partial charge in [-0.2, -0.15) is 0 Å². The maximum atomic E-state index is 11.3. The van der Waals surface area contributed by atoms with Crippen LogP contribution in [0.15, 0.2) is 0 Å². The fraction of sp³-hybridized carbons (Fsp3) is 0.929. The van der Waals surface area contributed by atoms with Crippen molar-refractivity contribution in [3.8, 4) is 0 Å². The Hall–Kier alpha value is -0.530. The summed E-state index contributed by atoms with van der Waals surface area (Å²) in [6.07, 6.45) is 8.04. The molecule has 0 saturated heterocycles. The molecule has 1 saturated carbocycles. The van der Waals surface area contributed by atoms with E-state index in [1.54, 1.807) is 0 Å². The van der Waals surface area contributed by atoms with Crippen LogP contribution in [0.5, 0.6) is 0 Å². The molecular weight excluding hydrogens is 200 g/mol. The van der Waals surface area contributed by atoms with Crippen LogP contribution < -0.4 is 0 Å². The van der Waals surface area contributed by atoms with Gasteiger partial charge in [0, 0.05) is 6.42 Å². The maximum absolute atomic E-state index is 11.3. The number of hydrogen-bond acceptors (Lipinski definition) is 2. The van der Waals surface area contributed by atoms with Crippen LogP contribution >= 0.6 is 0 Å². The Morgan fingerprint density at radius 1 is 1.31 bits per heavy atom. The van der Waals surface area contributed by atoms with Gasteiger partial charge < -0.3 is 4.74 Å². The van der Waals surface area contributed by atoms with Crippen molar-refractivity contribution in [3.05, 3.63) is 0 Å². The summed E-state index contributed by atoms with van der Waals surface area (Å²) in [7, 11) is 0. The maximum Gasteiger partial charge on any atom is 0.305 e. The zero-order chi connectivity index (χ0) is 12.0. The van der Waals surface area contributed by atoms with Crippen LogP contribution in [0, 0.1) is 11.8 Å². The molecule has 1 rings (SSSR count). The van der Waals surface area contributed by atoms with Gasteiger partial charge >= 0.3 is 5.97 Å². The third kappa shape index (κ3) is 4.54. The summed E-state index contributed by atoms with van der Waals surface area (Å²) < 4.78 is 5.55. The summed E-state index contributed by atoms with van der Waals surface area (Å²) >= 11 is 0. The lowest BCUT2D eigenvalue weighted by atomic mass is 9.82. The first-order valence-electron chi connectivity index (χ1n) is 6.83. The predicted molar refractivity (Wildman–Crippen MR) is 66.2 cm³/mol. The Labute approximate surface area is 99.8 Å². The molecule has 0 amide bonds. The molecule has 1 aliphatic carbocycles. The topological polar surface area (TPSA) is 26.3 Å². The molecule has 0 unspecified atom stereocenters. The van der Waals surface area contributed by atoms with E-state index in [0.29, 0.717) is 12.3 Å². The molecule has 16 heavy (non-hydrogen) atoms. The third-order valence-corrected chi connectivity index (χ3v) is 3.53. The number of rotatable bonds is 5. The van der Waals surface area contributed by atoms with Crippen molar-refractivity contribution in [2.24, 2.45) is 11.8 Å². The van der Waals surface area contributed by atoms with E-state index < -0.39 is 0 Å². The van der Waals surface area contributed by atoms with Gasteiger partial charge in [0.05, 0.1) is 0 Å². The molecular formula is C14H26O2. The highest BCUT2D eigenvalue weighted by Gasteiger charge is 2.27. The molecule has 0 aromatic carbocycles. The Bertz CT molecular complexity index is 211. The second kappa shape index (κ2) is 6.93. The zero-order valence-corrected chi connectivity index (χ0v) is 11.0. The Kier molecular flexibility index (Phi) is 5.86. The van der Waals surface area contributed by atoms with Crippen LogP contribution in [0.2, 0.25) is 0 Å². The van der Waals surface area contributed by atoms with Crippen molar-refractivity contribution in [2.75, 3.05) is 0 Å². The first-order chi connectivity index (χ1) is 7.63. The largest absolute Gasteiger partial charge is 0.462 e. The van der Waals surface area contributed by atoms with Gasteiger partial charge in [-0.25, -0.2) is 0 Å². The van der Waals surface area contributed by atoms with Crippen molar-refractivity contribution in [1.29, 1.82) is 0 Å². The zero-order valence-electron chi connectivity index (χ0n) is 11.0. The molecule has 0 heterocycles. The molecule has 2 heteroatoms. The molecule has 0 aromatic rings. The summed E-state index contributed by atoms with van der Waals surface area (Å²) in [5.74, 6) is 1.34. The second-order valence-electron chi connectivity index (χ2n) is 5.40. The molecule has 94 valence electrons. The fourth-order valence-electron chi connectivity index (χ4n) is 2.46. The highest BCUT2D eigenvalue weighted by atomic mass is 16.5. The van der Waals surface area contributed by atoms with Crippen molar-refractivity contribution in [2.45, 2.75) is 71.8 Å². The highest BCUT2D eigenvalue weighted by Crippen LogP contribution is 2.31. The molecule has 0 aliphatic heterocycles. The van der Waals surface area contributed by atoms with Crippen LogP contribution in [0.25, 0.3) is 0 Å². The number of ether oxygens (including phenoxy) is 1. The van der Waals surface area contributed by atoms with Crippen molar-refractivity contribution in [3.63, 3.8) is 0 Å². The van der Waals surface area contributed by atoms with Crippen LogP contribution in [0.3, 0.4) is 0 Å². The van der Waals surface area contributed by atoms with Crippen LogP contribution in [0.4, 0.5) is 0 Å². The van der Waals surface area contributed by atoms with E-state index in [9.17, 15) is 4.79 Å². The molecule has 1 fully saturated rings. The average Bonchev–Trinajstić information content (AvgIpc) is 2.27. The van der Waals surface area contributed by atoms with Crippen molar-refractivity contribution < 1.29 is 9.53 Å². The van der Waals surface area contributed by atoms with Gasteiger partial charge in [0.1, 0.15) is 6.10 Å². The number of carbonyl (C=O) groups is 1. The van der Waals surface area contributed by atoms with E-state index in [4.69, 9.17) is 4.74 Å². The van der Waals surface area contributed by atoms with Crippen molar-refractivity contribution in [1.82, 2.24) is 0 Å². The van der Waals surface area contributed by atoms with E-state index in [2.05, 4.69) is 13.8 Å². The van der Waals surface area contributed by atoms with Gasteiger partial charge in [-0.1, -0.05) is 33.6 Å². The number of esters is 1. The van der Waals surface area contributed by atoms with Gasteiger partial charge in [0.2, 0.25) is 0 Å².